The molecule has 0 spiro atoms. The summed E-state index contributed by atoms with van der Waals surface area (Å²) in [5.74, 6) is 0. The van der Waals surface area contributed by atoms with Gasteiger partial charge in [0, 0.05) is 6.04 Å². The quantitative estimate of drug-likeness (QED) is 0.633. The van der Waals surface area contributed by atoms with Crippen molar-refractivity contribution in [1.82, 2.24) is 4.90 Å². The molecule has 0 atom stereocenters. The second kappa shape index (κ2) is 3.35. The Hall–Kier alpha value is -0.0800. The molecule has 0 unspecified atom stereocenters. The molecule has 10 heavy (non-hydrogen) atoms. The molecule has 1 rings (SSSR count). The van der Waals surface area contributed by atoms with Gasteiger partial charge in [-0.25, -0.2) is 0 Å². The fraction of sp³-hybridized carbons (Fsp3) is 1.00. The smallest absolute Gasteiger partial charge is 0.0570 e. The van der Waals surface area contributed by atoms with E-state index >= 15 is 0 Å². The van der Waals surface area contributed by atoms with Crippen LogP contribution in [0.2, 0.25) is 0 Å². The average Bonchev–Trinajstić information content (AvgIpc) is 1.87. The predicted octanol–water partition coefficient (Wildman–Crippen LogP) is 0.851. The Labute approximate surface area is 62.8 Å². The molecule has 0 aromatic heterocycles. The van der Waals surface area contributed by atoms with Crippen LogP contribution in [-0.4, -0.2) is 35.2 Å². The van der Waals surface area contributed by atoms with Crippen molar-refractivity contribution in [2.45, 2.75) is 38.8 Å². The second-order valence-electron chi connectivity index (χ2n) is 3.00. The Bertz CT molecular complexity index is 95.4. The molecule has 2 nitrogen and oxygen atoms in total. The third-order valence-electron chi connectivity index (χ3n) is 2.42. The van der Waals surface area contributed by atoms with Crippen molar-refractivity contribution in [3.63, 3.8) is 0 Å². The van der Waals surface area contributed by atoms with Crippen LogP contribution in [0.3, 0.4) is 0 Å². The van der Waals surface area contributed by atoms with Crippen molar-refractivity contribution in [3.05, 3.63) is 0 Å². The maximum atomic E-state index is 9.03. The summed E-state index contributed by atoms with van der Waals surface area (Å²) in [5.41, 5.74) is 0. The van der Waals surface area contributed by atoms with Crippen LogP contribution in [-0.2, 0) is 0 Å². The Balaban J connectivity index is 2.21. The molecule has 0 radical (unpaired) electrons. The number of hydrogen-bond donors (Lipinski definition) is 1. The Morgan fingerprint density at radius 3 is 2.10 bits per heavy atom. The van der Waals surface area contributed by atoms with E-state index in [0.29, 0.717) is 6.04 Å². The summed E-state index contributed by atoms with van der Waals surface area (Å²) in [6, 6.07) is 0.671. The first kappa shape index (κ1) is 8.02. The molecule has 1 aliphatic rings. The average molecular weight is 143 g/mol. The Morgan fingerprint density at radius 1 is 1.30 bits per heavy atom. The maximum Gasteiger partial charge on any atom is 0.0570 e. The monoisotopic (exact) mass is 143 g/mol. The third kappa shape index (κ3) is 1.50. The summed E-state index contributed by atoms with van der Waals surface area (Å²) in [4.78, 5) is 2.41. The van der Waals surface area contributed by atoms with Gasteiger partial charge in [-0.3, -0.25) is 0 Å². The van der Waals surface area contributed by atoms with Gasteiger partial charge in [0.25, 0.3) is 0 Å². The molecule has 60 valence electrons. The summed E-state index contributed by atoms with van der Waals surface area (Å²) < 4.78 is 0. The van der Waals surface area contributed by atoms with E-state index in [4.69, 9.17) is 5.11 Å². The van der Waals surface area contributed by atoms with Crippen LogP contribution in [0.1, 0.15) is 26.7 Å². The van der Waals surface area contributed by atoms with Gasteiger partial charge >= 0.3 is 0 Å². The van der Waals surface area contributed by atoms with Gasteiger partial charge in [0.1, 0.15) is 0 Å². The molecule has 1 fully saturated rings. The molecule has 1 aliphatic carbocycles. The normalized spacial score (nSPS) is 32.4. The molecule has 2 heteroatoms. The summed E-state index contributed by atoms with van der Waals surface area (Å²) in [6.07, 6.45) is 1.97. The lowest BCUT2D eigenvalue weighted by molar-refractivity contribution is 0.00587. The largest absolute Gasteiger partial charge is 0.393 e. The standard InChI is InChI=1S/C8H17NO/c1-3-9(4-2)7-5-8(10)6-7/h7-8,10H,3-6H2,1-2H3/t7-,8+. The highest BCUT2D eigenvalue weighted by Gasteiger charge is 2.30. The van der Waals surface area contributed by atoms with E-state index in [1.807, 2.05) is 0 Å². The zero-order chi connectivity index (χ0) is 7.56. The van der Waals surface area contributed by atoms with Crippen molar-refractivity contribution in [2.24, 2.45) is 0 Å². The first-order chi connectivity index (χ1) is 4.77. The second-order valence-corrected chi connectivity index (χ2v) is 3.00. The molecule has 0 aromatic carbocycles. The van der Waals surface area contributed by atoms with Gasteiger partial charge in [-0.1, -0.05) is 13.8 Å². The zero-order valence-electron chi connectivity index (χ0n) is 6.88. The number of hydrogen-bond acceptors (Lipinski definition) is 2. The van der Waals surface area contributed by atoms with Gasteiger partial charge in [0.2, 0.25) is 0 Å². The summed E-state index contributed by atoms with van der Waals surface area (Å²) in [7, 11) is 0. The first-order valence-corrected chi connectivity index (χ1v) is 4.20. The van der Waals surface area contributed by atoms with Crippen LogP contribution in [0.4, 0.5) is 0 Å². The van der Waals surface area contributed by atoms with Crippen molar-refractivity contribution in [3.8, 4) is 0 Å². The highest BCUT2D eigenvalue weighted by molar-refractivity contribution is 4.85. The minimum atomic E-state index is -0.00870. The molecule has 0 aromatic rings. The zero-order valence-corrected chi connectivity index (χ0v) is 6.88. The highest BCUT2D eigenvalue weighted by Crippen LogP contribution is 2.24. The van der Waals surface area contributed by atoms with Gasteiger partial charge in [-0.05, 0) is 25.9 Å². The molecule has 0 amide bonds. The van der Waals surface area contributed by atoms with E-state index in [1.165, 1.54) is 0 Å². The van der Waals surface area contributed by atoms with Crippen LogP contribution in [0.15, 0.2) is 0 Å². The lowest BCUT2D eigenvalue weighted by Gasteiger charge is -2.39. The Morgan fingerprint density at radius 2 is 1.80 bits per heavy atom. The maximum absolute atomic E-state index is 9.03. The minimum absolute atomic E-state index is 0.00870. The molecule has 0 heterocycles. The van der Waals surface area contributed by atoms with E-state index in [1.54, 1.807) is 0 Å². The fourth-order valence-corrected chi connectivity index (χ4v) is 1.60. The van der Waals surface area contributed by atoms with Crippen molar-refractivity contribution in [2.75, 3.05) is 13.1 Å². The summed E-state index contributed by atoms with van der Waals surface area (Å²) >= 11 is 0. The number of rotatable bonds is 3. The predicted molar refractivity (Wildman–Crippen MR) is 41.9 cm³/mol. The SMILES string of the molecule is CCN(CC)[C@H]1C[C@@H](O)C1. The van der Waals surface area contributed by atoms with Gasteiger partial charge in [0.05, 0.1) is 6.10 Å². The van der Waals surface area contributed by atoms with Gasteiger partial charge in [-0.2, -0.15) is 0 Å². The van der Waals surface area contributed by atoms with Crippen molar-refractivity contribution >= 4 is 0 Å². The van der Waals surface area contributed by atoms with Crippen LogP contribution in [0.25, 0.3) is 0 Å². The minimum Gasteiger partial charge on any atom is -0.393 e. The van der Waals surface area contributed by atoms with E-state index < -0.39 is 0 Å². The molecular formula is C8H17NO. The molecular weight excluding hydrogens is 126 g/mol. The van der Waals surface area contributed by atoms with Gasteiger partial charge in [0.15, 0.2) is 0 Å². The van der Waals surface area contributed by atoms with E-state index in [0.717, 1.165) is 25.9 Å². The molecule has 1 N–H and O–H groups in total. The van der Waals surface area contributed by atoms with Crippen LogP contribution in [0.5, 0.6) is 0 Å². The van der Waals surface area contributed by atoms with Gasteiger partial charge in [-0.15, -0.1) is 0 Å². The van der Waals surface area contributed by atoms with Crippen LogP contribution in [0, 0.1) is 0 Å². The number of nitrogens with zero attached hydrogens (tertiary/aromatic N) is 1. The summed E-state index contributed by atoms with van der Waals surface area (Å²) in [6.45, 7) is 6.59. The van der Waals surface area contributed by atoms with E-state index in [-0.39, 0.29) is 6.10 Å². The van der Waals surface area contributed by atoms with Crippen LogP contribution >= 0.6 is 0 Å². The fourth-order valence-electron chi connectivity index (χ4n) is 1.60. The molecule has 1 saturated carbocycles. The molecule has 0 saturated heterocycles. The highest BCUT2D eigenvalue weighted by atomic mass is 16.3. The number of aliphatic hydroxyl groups is 1. The summed E-state index contributed by atoms with van der Waals surface area (Å²) in [5, 5.41) is 9.03. The topological polar surface area (TPSA) is 23.5 Å². The Kier molecular flexibility index (Phi) is 2.69. The third-order valence-corrected chi connectivity index (χ3v) is 2.42. The van der Waals surface area contributed by atoms with Crippen molar-refractivity contribution in [1.29, 1.82) is 0 Å². The lowest BCUT2D eigenvalue weighted by Crippen LogP contribution is -2.46. The number of aliphatic hydroxyl groups excluding tert-OH is 1. The lowest BCUT2D eigenvalue weighted by atomic mass is 9.88. The van der Waals surface area contributed by atoms with E-state index in [9.17, 15) is 0 Å². The van der Waals surface area contributed by atoms with Crippen molar-refractivity contribution < 1.29 is 5.11 Å². The van der Waals surface area contributed by atoms with Crippen LogP contribution < -0.4 is 0 Å². The van der Waals surface area contributed by atoms with E-state index in [2.05, 4.69) is 18.7 Å². The molecule has 0 aliphatic heterocycles. The molecule has 0 bridgehead atoms. The first-order valence-electron chi connectivity index (χ1n) is 4.20. The van der Waals surface area contributed by atoms with Gasteiger partial charge < -0.3 is 10.0 Å².